The molecule has 6 rings (SSSR count). The lowest BCUT2D eigenvalue weighted by atomic mass is 9.84. The van der Waals surface area contributed by atoms with Crippen LogP contribution in [0, 0.1) is 35.5 Å². The number of piperidine rings is 2. The molecule has 24 nitrogen and oxygen atoms in total. The quantitative estimate of drug-likeness (QED) is 0.0258. The van der Waals surface area contributed by atoms with Crippen LogP contribution in [-0.2, 0) is 66.6 Å². The van der Waals surface area contributed by atoms with Gasteiger partial charge in [0.25, 0.3) is 11.8 Å². The number of hydrogen-bond donors (Lipinski definition) is 5. The largest absolute Gasteiger partial charge is 0.522 e. The third kappa shape index (κ3) is 33.2. The van der Waals surface area contributed by atoms with E-state index in [1.54, 1.807) is 40.2 Å². The zero-order chi connectivity index (χ0) is 83.2. The van der Waals surface area contributed by atoms with Gasteiger partial charge in [-0.3, -0.25) is 48.4 Å². The Bertz CT molecular complexity index is 3510. The number of halogens is 3. The molecular weight excluding hydrogens is 1480 g/mol. The number of ether oxygens (including phenoxy) is 3. The fourth-order valence-corrected chi connectivity index (χ4v) is 16.4. The van der Waals surface area contributed by atoms with Gasteiger partial charge >= 0.3 is 27.7 Å². The molecule has 4 fully saturated rings. The van der Waals surface area contributed by atoms with E-state index in [0.717, 1.165) is 80.2 Å². The number of nitrogens with zero attached hydrogens (tertiary/aromatic N) is 4. The van der Waals surface area contributed by atoms with E-state index in [1.165, 1.54) is 29.7 Å². The molecule has 5 N–H and O–H groups in total. The van der Waals surface area contributed by atoms with Crippen LogP contribution in [0.4, 0.5) is 18.0 Å². The Kier molecular flexibility index (Phi) is 44.6. The number of carboxylic acid groups (broad SMARTS) is 1. The van der Waals surface area contributed by atoms with Crippen molar-refractivity contribution in [2.24, 2.45) is 35.5 Å². The standard InChI is InChI=1S/C36H54N4O5.C23H39N3O6.C18H25NO2.C4H9F3O3SSi.2CH4/c1-8-10-19-33(45-7)25(5)32(41)23-29(24(3)4)34(42)37-26(6)35(43)40-21-14-17-30(38-40)36(44)39-20-12-11-18-31(39)28-16-13-15-27(9-2)22-28;1-7-8-11-20(32-6)15(4)19(27)13-17(14(2)3)21(28)24-16(5)22(29)26-12-9-10-18(25-26)23(30)31;1-5-14-9-8-10-15(13-14)16-11-6-7-12-19(16)17(20)21-18(2,3)4;1-12(2,3)10-11(8,9)4(5,6)7;;/h8-9,13,15-16,22,24-26,29-31,33,38H,1-2,10-12,14,17-21,23H2,3-7H3,(H,37,42);7,14-18,20,25H,1,8-13H2,2-6H3,(H,24,28)(H,30,31);5,8-10,13,16H,1,6-7,11-12H2,2-4H3;1-3H3;2*1H4/t25?,26?,29?,30?,31-,33?;;;;;/m1...../s1. The molecule has 0 bridgehead atoms. The predicted octanol–water partition coefficient (Wildman–Crippen LogP) is 14.9. The molecule has 0 saturated carbocycles. The van der Waals surface area contributed by atoms with Gasteiger partial charge in [-0.15, -0.1) is 13.2 Å². The molecule has 0 spiro atoms. The molecule has 2 aromatic carbocycles. The Balaban J connectivity index is 0.000000814. The summed E-state index contributed by atoms with van der Waals surface area (Å²) < 4.78 is 76.3. The fraction of sp³-hybridized carbons (Fsp3) is 0.651. The average Bonchev–Trinajstić information content (AvgIpc) is 0.820. The molecule has 634 valence electrons. The van der Waals surface area contributed by atoms with Gasteiger partial charge in [0.1, 0.15) is 41.3 Å². The lowest BCUT2D eigenvalue weighted by Crippen LogP contribution is -2.61. The number of amides is 6. The summed E-state index contributed by atoms with van der Waals surface area (Å²) >= 11 is 0. The molecule has 12 atom stereocenters. The summed E-state index contributed by atoms with van der Waals surface area (Å²) in [5.41, 5.74) is 4.49. The molecule has 6 amide bonds. The highest BCUT2D eigenvalue weighted by Crippen LogP contribution is 2.36. The smallest absolute Gasteiger partial charge is 0.480 e. The maximum atomic E-state index is 13.8. The van der Waals surface area contributed by atoms with E-state index in [9.17, 15) is 69.8 Å². The molecule has 4 saturated heterocycles. The topological polar surface area (TPSA) is 306 Å². The van der Waals surface area contributed by atoms with Crippen molar-refractivity contribution >= 4 is 83.8 Å². The molecule has 0 radical (unpaired) electrons. The molecule has 4 heterocycles. The number of Topliss-reactive ketones (excluding diaryl/α,β-unsaturated/α-hetero) is 2. The van der Waals surface area contributed by atoms with Crippen molar-refractivity contribution < 1.29 is 87.9 Å². The highest BCUT2D eigenvalue weighted by molar-refractivity contribution is 7.88. The number of carbonyl (C=O) groups is 9. The first-order valence-electron chi connectivity index (χ1n) is 38.5. The van der Waals surface area contributed by atoms with E-state index >= 15 is 0 Å². The second-order valence-corrected chi connectivity index (χ2v) is 37.7. The highest BCUT2D eigenvalue weighted by Gasteiger charge is 2.49. The molecule has 112 heavy (non-hydrogen) atoms. The number of carboxylic acids is 1. The number of allylic oxidation sites excluding steroid dienone is 2. The van der Waals surface area contributed by atoms with Crippen LogP contribution >= 0.6 is 0 Å². The number of nitrogens with one attached hydrogen (secondary N) is 4. The average molecular weight is 1620 g/mol. The number of hydrazine groups is 2. The van der Waals surface area contributed by atoms with Gasteiger partial charge in [0.15, 0.2) is 0 Å². The number of likely N-dealkylation sites (tertiary alicyclic amines) is 2. The molecule has 4 aliphatic rings. The number of methoxy groups -OCH3 is 2. The van der Waals surface area contributed by atoms with E-state index in [2.05, 4.69) is 75.9 Å². The second kappa shape index (κ2) is 48.7. The van der Waals surface area contributed by atoms with Crippen LogP contribution in [0.1, 0.15) is 228 Å². The van der Waals surface area contributed by atoms with E-state index in [1.807, 2.05) is 109 Å². The number of rotatable bonds is 32. The number of carbonyl (C=O) groups excluding carboxylic acids is 8. The summed E-state index contributed by atoms with van der Waals surface area (Å²) in [6.07, 6.45) is 17.9. The Morgan fingerprint density at radius 3 is 1.34 bits per heavy atom. The lowest BCUT2D eigenvalue weighted by Gasteiger charge is -2.41. The van der Waals surface area contributed by atoms with E-state index in [-0.39, 0.29) is 117 Å². The van der Waals surface area contributed by atoms with Crippen molar-refractivity contribution in [3.8, 4) is 0 Å². The maximum absolute atomic E-state index is 13.8. The van der Waals surface area contributed by atoms with Crippen LogP contribution in [0.5, 0.6) is 0 Å². The van der Waals surface area contributed by atoms with Crippen molar-refractivity contribution in [2.45, 2.75) is 273 Å². The van der Waals surface area contributed by atoms with Gasteiger partial charge in [-0.25, -0.2) is 15.6 Å². The minimum absolute atomic E-state index is 0. The molecular formula is C83H135F3N8O16SSi. The zero-order valence-electron chi connectivity index (χ0n) is 67.9. The monoisotopic (exact) mass is 1620 g/mol. The first kappa shape index (κ1) is 103. The third-order valence-corrected chi connectivity index (χ3v) is 23.2. The van der Waals surface area contributed by atoms with Gasteiger partial charge in [0.05, 0.1) is 24.3 Å². The number of aliphatic carboxylic acids is 1. The Labute approximate surface area is 667 Å². The SMILES string of the molecule is C.C.C=CCCC(OC)C(C)C(=O)CC(C(=O)NC(C)C(=O)N1CCCC(C(=O)N2CCCC[C@@H]2c2cccc(C=C)c2)N1)C(C)C.C=CCCC(OC)C(C)C(=O)CC(C(=O)NC(C)C(=O)N1CCCC(C(=O)O)N1)C(C)C.C=Cc1cccc(C2CCCCN2C(=O)OC(C)(C)C)c1.C[Si](C)(C)OS(=O)(=O)C(F)(F)F. The van der Waals surface area contributed by atoms with Crippen LogP contribution in [0.25, 0.3) is 12.2 Å². The van der Waals surface area contributed by atoms with Crippen LogP contribution in [-0.4, -0.2) is 183 Å². The van der Waals surface area contributed by atoms with Crippen molar-refractivity contribution in [1.82, 2.24) is 41.3 Å². The van der Waals surface area contributed by atoms with Crippen LogP contribution in [0.15, 0.2) is 87.0 Å². The normalized spacial score (nSPS) is 19.5. The Hall–Kier alpha value is -7.41. The number of hydrogen-bond acceptors (Lipinski definition) is 17. The van der Waals surface area contributed by atoms with E-state index in [4.69, 9.17) is 14.2 Å². The first-order chi connectivity index (χ1) is 51.4. The van der Waals surface area contributed by atoms with Crippen LogP contribution in [0.3, 0.4) is 0 Å². The number of benzene rings is 2. The summed E-state index contributed by atoms with van der Waals surface area (Å²) in [7, 11) is -4.94. The van der Waals surface area contributed by atoms with Crippen LogP contribution in [0.2, 0.25) is 19.6 Å². The van der Waals surface area contributed by atoms with Crippen molar-refractivity contribution in [1.29, 1.82) is 0 Å². The number of ketones is 2. The van der Waals surface area contributed by atoms with Crippen molar-refractivity contribution in [3.63, 3.8) is 0 Å². The fourth-order valence-electron chi connectivity index (χ4n) is 13.4. The Morgan fingerprint density at radius 2 is 0.991 bits per heavy atom. The minimum atomic E-state index is -5.39. The van der Waals surface area contributed by atoms with Gasteiger partial charge < -0.3 is 43.6 Å². The molecule has 4 aliphatic heterocycles. The van der Waals surface area contributed by atoms with Crippen molar-refractivity contribution in [3.05, 3.63) is 109 Å². The first-order valence-corrected chi connectivity index (χ1v) is 43.3. The van der Waals surface area contributed by atoms with Gasteiger partial charge in [-0.05, 0) is 190 Å². The Morgan fingerprint density at radius 1 is 0.598 bits per heavy atom. The van der Waals surface area contributed by atoms with Gasteiger partial charge in [0, 0.05) is 76.9 Å². The zero-order valence-corrected chi connectivity index (χ0v) is 69.7. The molecule has 0 aliphatic carbocycles. The summed E-state index contributed by atoms with van der Waals surface area (Å²) in [4.78, 5) is 120. The molecule has 2 aromatic rings. The number of alkyl halides is 3. The maximum Gasteiger partial charge on any atom is 0.522 e. The minimum Gasteiger partial charge on any atom is -0.480 e. The molecule has 0 aromatic heterocycles. The van der Waals surface area contributed by atoms with E-state index < -0.39 is 77.4 Å². The van der Waals surface area contributed by atoms with Crippen LogP contribution < -0.4 is 21.5 Å². The lowest BCUT2D eigenvalue weighted by molar-refractivity contribution is -0.149. The molecule has 29 heteroatoms. The second-order valence-electron chi connectivity index (χ2n) is 31.4. The van der Waals surface area contributed by atoms with Gasteiger partial charge in [-0.2, -0.15) is 21.6 Å². The van der Waals surface area contributed by atoms with E-state index in [0.29, 0.717) is 58.2 Å². The van der Waals surface area contributed by atoms with Gasteiger partial charge in [-0.1, -0.05) is 130 Å². The van der Waals surface area contributed by atoms with Crippen molar-refractivity contribution in [2.75, 3.05) is 40.4 Å². The predicted molar refractivity (Wildman–Crippen MR) is 437 cm³/mol. The summed E-state index contributed by atoms with van der Waals surface area (Å²) in [5, 5.41) is 17.5. The summed E-state index contributed by atoms with van der Waals surface area (Å²) in [6, 6.07) is 13.5. The van der Waals surface area contributed by atoms with Gasteiger partial charge in [0.2, 0.25) is 26.0 Å². The highest BCUT2D eigenvalue weighted by atomic mass is 32.2. The molecule has 11 unspecified atom stereocenters. The summed E-state index contributed by atoms with van der Waals surface area (Å²) in [5.74, 6) is -4.62. The third-order valence-electron chi connectivity index (χ3n) is 19.8. The summed E-state index contributed by atoms with van der Waals surface area (Å²) in [6.45, 7) is 41.6.